The molecule has 0 unspecified atom stereocenters. The highest BCUT2D eigenvalue weighted by Crippen LogP contribution is 2.35. The van der Waals surface area contributed by atoms with E-state index in [2.05, 4.69) is 63.7 Å². The fourth-order valence-corrected chi connectivity index (χ4v) is 4.65. The van der Waals surface area contributed by atoms with Crippen LogP contribution in [0.1, 0.15) is 34.7 Å². The number of ether oxygens (including phenoxy) is 1. The number of carbonyl (C=O) groups excluding carboxylic acids is 1. The van der Waals surface area contributed by atoms with Crippen molar-refractivity contribution in [2.24, 2.45) is 0 Å². The topological polar surface area (TPSA) is 38.3 Å². The Morgan fingerprint density at radius 3 is 2.17 bits per heavy atom. The number of esters is 1. The lowest BCUT2D eigenvalue weighted by Crippen LogP contribution is -2.57. The number of rotatable bonds is 5. The fraction of sp³-hybridized carbons (Fsp3) is 0.240. The van der Waals surface area contributed by atoms with Gasteiger partial charge in [0.05, 0.1) is 13.2 Å². The van der Waals surface area contributed by atoms with Crippen molar-refractivity contribution in [3.63, 3.8) is 0 Å². The number of carbonyl (C=O) groups is 1. The molecule has 148 valence electrons. The molecule has 3 aromatic carbocycles. The second-order valence-electron chi connectivity index (χ2n) is 7.56. The van der Waals surface area contributed by atoms with Gasteiger partial charge in [0.1, 0.15) is 5.54 Å². The number of halogens is 1. The minimum absolute atomic E-state index is 0.106. The minimum Gasteiger partial charge on any atom is -0.468 e. The monoisotopic (exact) mass is 449 g/mol. The molecule has 1 aliphatic carbocycles. The lowest BCUT2D eigenvalue weighted by molar-refractivity contribution is -0.149. The smallest absolute Gasteiger partial charge is 0.326 e. The molecular weight excluding hydrogens is 426 g/mol. The lowest BCUT2D eigenvalue weighted by Gasteiger charge is -2.39. The van der Waals surface area contributed by atoms with E-state index < -0.39 is 5.54 Å². The van der Waals surface area contributed by atoms with Crippen molar-refractivity contribution >= 4 is 21.9 Å². The van der Waals surface area contributed by atoms with E-state index in [-0.39, 0.29) is 12.0 Å². The van der Waals surface area contributed by atoms with Crippen LogP contribution in [0.3, 0.4) is 0 Å². The summed E-state index contributed by atoms with van der Waals surface area (Å²) >= 11 is 3.57. The maximum Gasteiger partial charge on any atom is 0.326 e. The summed E-state index contributed by atoms with van der Waals surface area (Å²) in [7, 11) is 1.47. The molecule has 1 aliphatic rings. The van der Waals surface area contributed by atoms with Crippen LogP contribution in [0.25, 0.3) is 0 Å². The molecule has 0 radical (unpaired) electrons. The van der Waals surface area contributed by atoms with Crippen molar-refractivity contribution in [2.45, 2.75) is 30.8 Å². The van der Waals surface area contributed by atoms with E-state index in [9.17, 15) is 4.79 Å². The van der Waals surface area contributed by atoms with Gasteiger partial charge in [0.2, 0.25) is 0 Å². The van der Waals surface area contributed by atoms with Gasteiger partial charge in [-0.15, -0.1) is 0 Å². The van der Waals surface area contributed by atoms with E-state index >= 15 is 0 Å². The van der Waals surface area contributed by atoms with Gasteiger partial charge in [-0.25, -0.2) is 0 Å². The van der Waals surface area contributed by atoms with E-state index in [4.69, 9.17) is 4.74 Å². The van der Waals surface area contributed by atoms with Crippen molar-refractivity contribution in [1.82, 2.24) is 5.32 Å². The first-order valence-electron chi connectivity index (χ1n) is 9.85. The Morgan fingerprint density at radius 1 is 0.966 bits per heavy atom. The number of hydrogen-bond acceptors (Lipinski definition) is 3. The predicted octanol–water partition coefficient (Wildman–Crippen LogP) is 5.23. The van der Waals surface area contributed by atoms with E-state index in [1.165, 1.54) is 18.2 Å². The van der Waals surface area contributed by atoms with Crippen LogP contribution < -0.4 is 5.32 Å². The SMILES string of the molecule is COC(=O)[C@@]1(NC(c2ccccc2)c2ccccc2)CCc2ccc(Br)cc2C1. The second-order valence-corrected chi connectivity index (χ2v) is 8.48. The number of methoxy groups -OCH3 is 1. The molecule has 0 saturated heterocycles. The van der Waals surface area contributed by atoms with Gasteiger partial charge in [-0.3, -0.25) is 10.1 Å². The number of fused-ring (bicyclic) bond motifs is 1. The van der Waals surface area contributed by atoms with Crippen LogP contribution >= 0.6 is 15.9 Å². The molecule has 0 saturated carbocycles. The molecule has 0 aliphatic heterocycles. The summed E-state index contributed by atoms with van der Waals surface area (Å²) in [6, 6.07) is 26.8. The summed E-state index contributed by atoms with van der Waals surface area (Å²) in [5.74, 6) is -0.208. The zero-order chi connectivity index (χ0) is 20.3. The Morgan fingerprint density at radius 2 is 1.59 bits per heavy atom. The average Bonchev–Trinajstić information content (AvgIpc) is 2.77. The van der Waals surface area contributed by atoms with Crippen LogP contribution in [0.15, 0.2) is 83.3 Å². The van der Waals surface area contributed by atoms with Crippen molar-refractivity contribution < 1.29 is 9.53 Å². The second kappa shape index (κ2) is 8.52. The molecule has 1 atom stereocenters. The summed E-state index contributed by atoms with van der Waals surface area (Å²) in [6.07, 6.45) is 2.14. The van der Waals surface area contributed by atoms with Crippen molar-refractivity contribution in [1.29, 1.82) is 0 Å². The molecule has 3 aromatic rings. The quantitative estimate of drug-likeness (QED) is 0.541. The molecule has 0 heterocycles. The molecule has 0 fully saturated rings. The Kier molecular flexibility index (Phi) is 5.84. The average molecular weight is 450 g/mol. The maximum atomic E-state index is 13.1. The number of nitrogens with one attached hydrogen (secondary N) is 1. The number of aryl methyl sites for hydroxylation is 1. The summed E-state index contributed by atoms with van der Waals surface area (Å²) in [4.78, 5) is 13.1. The van der Waals surface area contributed by atoms with Gasteiger partial charge < -0.3 is 4.74 Å². The Bertz CT molecular complexity index is 951. The number of hydrogen-bond donors (Lipinski definition) is 1. The summed E-state index contributed by atoms with van der Waals surface area (Å²) in [5.41, 5.74) is 3.96. The molecular formula is C25H24BrNO2. The summed E-state index contributed by atoms with van der Waals surface area (Å²) < 4.78 is 6.33. The maximum absolute atomic E-state index is 13.1. The minimum atomic E-state index is -0.779. The summed E-state index contributed by atoms with van der Waals surface area (Å²) in [5, 5.41) is 3.72. The normalized spacial score (nSPS) is 18.3. The van der Waals surface area contributed by atoms with E-state index in [1.807, 2.05) is 36.4 Å². The lowest BCUT2D eigenvalue weighted by atomic mass is 9.76. The van der Waals surface area contributed by atoms with E-state index in [1.54, 1.807) is 0 Å². The third-order valence-corrected chi connectivity index (χ3v) is 6.24. The molecule has 29 heavy (non-hydrogen) atoms. The van der Waals surface area contributed by atoms with Crippen LogP contribution in [-0.4, -0.2) is 18.6 Å². The van der Waals surface area contributed by atoms with Gasteiger partial charge in [-0.2, -0.15) is 0 Å². The van der Waals surface area contributed by atoms with Gasteiger partial charge in [0.25, 0.3) is 0 Å². The zero-order valence-electron chi connectivity index (χ0n) is 16.4. The molecule has 0 spiro atoms. The highest BCUT2D eigenvalue weighted by Gasteiger charge is 2.44. The van der Waals surface area contributed by atoms with Crippen LogP contribution in [0, 0.1) is 0 Å². The Labute approximate surface area is 180 Å². The van der Waals surface area contributed by atoms with Gasteiger partial charge in [-0.05, 0) is 47.2 Å². The molecule has 0 amide bonds. The zero-order valence-corrected chi connectivity index (χ0v) is 18.0. The van der Waals surface area contributed by atoms with Gasteiger partial charge in [-0.1, -0.05) is 82.7 Å². The van der Waals surface area contributed by atoms with Gasteiger partial charge in [0.15, 0.2) is 0 Å². The first-order valence-corrected chi connectivity index (χ1v) is 10.6. The van der Waals surface area contributed by atoms with Crippen LogP contribution in [0.4, 0.5) is 0 Å². The largest absolute Gasteiger partial charge is 0.468 e. The fourth-order valence-electron chi connectivity index (χ4n) is 4.24. The van der Waals surface area contributed by atoms with Crippen LogP contribution in [0.2, 0.25) is 0 Å². The molecule has 4 rings (SSSR count). The Hall–Kier alpha value is -2.43. The van der Waals surface area contributed by atoms with Gasteiger partial charge in [0, 0.05) is 10.9 Å². The van der Waals surface area contributed by atoms with Gasteiger partial charge >= 0.3 is 5.97 Å². The van der Waals surface area contributed by atoms with Crippen molar-refractivity contribution in [2.75, 3.05) is 7.11 Å². The first-order chi connectivity index (χ1) is 14.1. The molecule has 1 N–H and O–H groups in total. The van der Waals surface area contributed by atoms with Crippen molar-refractivity contribution in [3.8, 4) is 0 Å². The van der Waals surface area contributed by atoms with E-state index in [0.29, 0.717) is 12.8 Å². The van der Waals surface area contributed by atoms with Crippen LogP contribution in [0.5, 0.6) is 0 Å². The third kappa shape index (κ3) is 4.14. The number of benzene rings is 3. The molecule has 4 heteroatoms. The highest BCUT2D eigenvalue weighted by molar-refractivity contribution is 9.10. The van der Waals surface area contributed by atoms with Crippen LogP contribution in [-0.2, 0) is 22.4 Å². The van der Waals surface area contributed by atoms with Crippen molar-refractivity contribution in [3.05, 3.63) is 106 Å². The summed E-state index contributed by atoms with van der Waals surface area (Å²) in [6.45, 7) is 0. The standard InChI is InChI=1S/C25H24BrNO2/c1-29-24(28)25(15-14-18-12-13-22(26)16-21(18)17-25)27-23(19-8-4-2-5-9-19)20-10-6-3-7-11-20/h2-13,16,23,27H,14-15,17H2,1H3/t25-/m1/s1. The molecule has 3 nitrogen and oxygen atoms in total. The third-order valence-electron chi connectivity index (χ3n) is 5.74. The first kappa shape index (κ1) is 19.9. The van der Waals surface area contributed by atoms with E-state index in [0.717, 1.165) is 22.0 Å². The highest BCUT2D eigenvalue weighted by atomic mass is 79.9. The molecule has 0 aromatic heterocycles. The Balaban J connectivity index is 1.76. The predicted molar refractivity (Wildman–Crippen MR) is 119 cm³/mol. The molecule has 0 bridgehead atoms.